The maximum Gasteiger partial charge on any atom is 0.150 e. The lowest BCUT2D eigenvalue weighted by Crippen LogP contribution is -2.24. The molecule has 0 amide bonds. The lowest BCUT2D eigenvalue weighted by atomic mass is 9.86. The average Bonchev–Trinajstić information content (AvgIpc) is 2.65. The van der Waals surface area contributed by atoms with Crippen LogP contribution in [0, 0.1) is 0 Å². The Morgan fingerprint density at radius 1 is 0.905 bits per heavy atom. The van der Waals surface area contributed by atoms with Gasteiger partial charge in [0.15, 0.2) is 5.82 Å². The average molecular weight is 286 g/mol. The third-order valence-electron chi connectivity index (χ3n) is 3.64. The first-order valence-electron chi connectivity index (χ1n) is 7.26. The molecule has 1 aromatic heterocycles. The molecular weight excluding hydrogens is 260 g/mol. The van der Waals surface area contributed by atoms with E-state index in [1.54, 1.807) is 0 Å². The Kier molecular flexibility index (Phi) is 3.52. The van der Waals surface area contributed by atoms with Gasteiger partial charge in [-0.3, -0.25) is 0 Å². The number of nitrogens with zero attached hydrogens (tertiary/aromatic N) is 2. The molecule has 0 aliphatic heterocycles. The maximum atomic E-state index is 6.13. The van der Waals surface area contributed by atoms with Gasteiger partial charge in [0.1, 0.15) is 11.5 Å². The molecule has 0 saturated carbocycles. The topological polar surface area (TPSA) is 69.9 Å². The molecule has 0 aliphatic carbocycles. The quantitative estimate of drug-likeness (QED) is 0.789. The Bertz CT molecular complexity index is 637. The van der Waals surface area contributed by atoms with E-state index in [9.17, 15) is 0 Å². The van der Waals surface area contributed by atoms with Crippen LogP contribution in [0.1, 0.15) is 52.9 Å². The van der Waals surface area contributed by atoms with Crippen molar-refractivity contribution in [1.82, 2.24) is 9.66 Å². The monoisotopic (exact) mass is 286 g/mol. The molecule has 2 rings (SSSR count). The van der Waals surface area contributed by atoms with E-state index in [4.69, 9.17) is 11.6 Å². The number of hydrogen-bond acceptors (Lipinski definition) is 3. The third-order valence-corrected chi connectivity index (χ3v) is 3.64. The van der Waals surface area contributed by atoms with Crippen LogP contribution in [0.5, 0.6) is 0 Å². The minimum atomic E-state index is -0.146. The second kappa shape index (κ2) is 4.79. The highest BCUT2D eigenvalue weighted by Gasteiger charge is 2.24. The molecule has 114 valence electrons. The van der Waals surface area contributed by atoms with E-state index < -0.39 is 0 Å². The van der Waals surface area contributed by atoms with Gasteiger partial charge in [0.2, 0.25) is 0 Å². The molecule has 0 saturated heterocycles. The van der Waals surface area contributed by atoms with Gasteiger partial charge in [-0.25, -0.2) is 9.66 Å². The predicted octanol–water partition coefficient (Wildman–Crippen LogP) is 3.44. The lowest BCUT2D eigenvalue weighted by molar-refractivity contribution is 0.532. The summed E-state index contributed by atoms with van der Waals surface area (Å²) in [4.78, 5) is 4.66. The molecule has 0 spiro atoms. The number of rotatable bonds is 1. The summed E-state index contributed by atoms with van der Waals surface area (Å²) >= 11 is 0. The van der Waals surface area contributed by atoms with Crippen molar-refractivity contribution in [2.45, 2.75) is 52.4 Å². The number of hydrogen-bond donors (Lipinski definition) is 2. The molecule has 4 nitrogen and oxygen atoms in total. The molecule has 0 fully saturated rings. The van der Waals surface area contributed by atoms with Gasteiger partial charge in [0.25, 0.3) is 0 Å². The van der Waals surface area contributed by atoms with Gasteiger partial charge in [-0.1, -0.05) is 65.8 Å². The zero-order valence-electron chi connectivity index (χ0n) is 13.9. The molecule has 4 N–H and O–H groups in total. The summed E-state index contributed by atoms with van der Waals surface area (Å²) in [5.41, 5.74) is 9.15. The summed E-state index contributed by atoms with van der Waals surface area (Å²) < 4.78 is 1.49. The van der Waals surface area contributed by atoms with Crippen LogP contribution in [0.2, 0.25) is 0 Å². The highest BCUT2D eigenvalue weighted by atomic mass is 15.4. The van der Waals surface area contributed by atoms with E-state index in [-0.39, 0.29) is 10.8 Å². The van der Waals surface area contributed by atoms with Gasteiger partial charge >= 0.3 is 0 Å². The second-order valence-electron chi connectivity index (χ2n) is 7.62. The highest BCUT2D eigenvalue weighted by Crippen LogP contribution is 2.31. The summed E-state index contributed by atoms with van der Waals surface area (Å²) in [6.45, 7) is 12.8. The predicted molar refractivity (Wildman–Crippen MR) is 89.6 cm³/mol. The van der Waals surface area contributed by atoms with Crippen molar-refractivity contribution in [3.63, 3.8) is 0 Å². The molecular formula is C17H26N4. The molecule has 1 heterocycles. The number of aromatic nitrogens is 2. The fourth-order valence-electron chi connectivity index (χ4n) is 2.31. The number of nitrogen functional groups attached to an aromatic ring is 2. The number of nitrogens with two attached hydrogens (primary N) is 2. The van der Waals surface area contributed by atoms with Crippen molar-refractivity contribution in [2.24, 2.45) is 0 Å². The molecule has 0 bridgehead atoms. The fourth-order valence-corrected chi connectivity index (χ4v) is 2.31. The Morgan fingerprint density at radius 2 is 1.43 bits per heavy atom. The molecule has 0 radical (unpaired) electrons. The molecule has 2 aromatic rings. The van der Waals surface area contributed by atoms with Crippen LogP contribution < -0.4 is 11.6 Å². The summed E-state index contributed by atoms with van der Waals surface area (Å²) in [5, 5.41) is 0. The Balaban J connectivity index is 2.48. The summed E-state index contributed by atoms with van der Waals surface area (Å²) in [6.07, 6.45) is 0. The van der Waals surface area contributed by atoms with Gasteiger partial charge in [0.05, 0.1) is 0 Å². The van der Waals surface area contributed by atoms with E-state index in [1.165, 1.54) is 10.2 Å². The van der Waals surface area contributed by atoms with Crippen molar-refractivity contribution in [3.8, 4) is 11.3 Å². The van der Waals surface area contributed by atoms with Crippen molar-refractivity contribution in [3.05, 3.63) is 35.7 Å². The second-order valence-corrected chi connectivity index (χ2v) is 7.62. The lowest BCUT2D eigenvalue weighted by Gasteiger charge is -2.19. The van der Waals surface area contributed by atoms with E-state index in [0.29, 0.717) is 5.82 Å². The normalized spacial score (nSPS) is 12.7. The van der Waals surface area contributed by atoms with Crippen molar-refractivity contribution in [1.29, 1.82) is 0 Å². The number of benzene rings is 1. The van der Waals surface area contributed by atoms with E-state index in [0.717, 1.165) is 17.1 Å². The minimum absolute atomic E-state index is 0.133. The SMILES string of the molecule is CC(C)(C)c1ccc(-c2nc(C(C)(C)C)n(N)c2N)cc1. The van der Waals surface area contributed by atoms with E-state index in [2.05, 4.69) is 70.8 Å². The largest absolute Gasteiger partial charge is 0.382 e. The third kappa shape index (κ3) is 2.89. The van der Waals surface area contributed by atoms with Crippen molar-refractivity contribution < 1.29 is 0 Å². The van der Waals surface area contributed by atoms with Gasteiger partial charge < -0.3 is 11.6 Å². The molecule has 0 aliphatic rings. The van der Waals surface area contributed by atoms with Crippen LogP contribution in [0.4, 0.5) is 5.82 Å². The van der Waals surface area contributed by atoms with E-state index >= 15 is 0 Å². The van der Waals surface area contributed by atoms with Crippen LogP contribution in [-0.2, 0) is 10.8 Å². The van der Waals surface area contributed by atoms with Crippen LogP contribution in [0.3, 0.4) is 0 Å². The molecule has 21 heavy (non-hydrogen) atoms. The Hall–Kier alpha value is -1.97. The smallest absolute Gasteiger partial charge is 0.150 e. The highest BCUT2D eigenvalue weighted by molar-refractivity contribution is 5.71. The summed E-state index contributed by atoms with van der Waals surface area (Å²) in [5.74, 6) is 7.35. The summed E-state index contributed by atoms with van der Waals surface area (Å²) in [6, 6.07) is 8.37. The Labute approximate surface area is 127 Å². The zero-order chi connectivity index (χ0) is 16.0. The van der Waals surface area contributed by atoms with Crippen LogP contribution in [0.15, 0.2) is 24.3 Å². The van der Waals surface area contributed by atoms with Crippen LogP contribution >= 0.6 is 0 Å². The standard InChI is InChI=1S/C17H26N4/c1-16(2,3)12-9-7-11(8-10-12)13-14(18)21(19)15(20-13)17(4,5)6/h7-10H,18-19H2,1-6H3. The zero-order valence-corrected chi connectivity index (χ0v) is 13.9. The summed E-state index contributed by atoms with van der Waals surface area (Å²) in [7, 11) is 0. The van der Waals surface area contributed by atoms with Gasteiger partial charge in [-0.15, -0.1) is 0 Å². The Morgan fingerprint density at radius 3 is 1.81 bits per heavy atom. The fraction of sp³-hybridized carbons (Fsp3) is 0.471. The first kappa shape index (κ1) is 15.4. The van der Waals surface area contributed by atoms with Crippen molar-refractivity contribution in [2.75, 3.05) is 11.6 Å². The first-order valence-corrected chi connectivity index (χ1v) is 7.26. The van der Waals surface area contributed by atoms with Gasteiger partial charge in [0, 0.05) is 11.0 Å². The van der Waals surface area contributed by atoms with E-state index in [1.807, 2.05) is 0 Å². The van der Waals surface area contributed by atoms with Crippen LogP contribution in [-0.4, -0.2) is 9.66 Å². The first-order chi connectivity index (χ1) is 9.51. The molecule has 0 atom stereocenters. The minimum Gasteiger partial charge on any atom is -0.382 e. The van der Waals surface area contributed by atoms with Gasteiger partial charge in [-0.2, -0.15) is 0 Å². The molecule has 1 aromatic carbocycles. The number of imidazole rings is 1. The van der Waals surface area contributed by atoms with Crippen LogP contribution in [0.25, 0.3) is 11.3 Å². The maximum absolute atomic E-state index is 6.13. The van der Waals surface area contributed by atoms with Gasteiger partial charge in [-0.05, 0) is 11.0 Å². The van der Waals surface area contributed by atoms with Crippen molar-refractivity contribution >= 4 is 5.82 Å². The number of anilines is 1. The molecule has 4 heteroatoms. The molecule has 0 unspecified atom stereocenters.